The predicted octanol–water partition coefficient (Wildman–Crippen LogP) is 3.33. The molecule has 4 heteroatoms. The van der Waals surface area contributed by atoms with Gasteiger partial charge in [-0.1, -0.05) is 6.08 Å². The van der Waals surface area contributed by atoms with E-state index < -0.39 is 0 Å². The SMILES string of the molecule is C/C=C\c1cc(C(C)=O)c(-c2ccnc(OC)c2)n1C. The zero-order valence-electron chi connectivity index (χ0n) is 12.2. The minimum atomic E-state index is 0.0436. The minimum absolute atomic E-state index is 0.0436. The highest BCUT2D eigenvalue weighted by atomic mass is 16.5. The standard InChI is InChI=1S/C16H18N2O2/c1-5-6-13-10-14(11(2)19)16(18(13)3)12-7-8-17-15(9-12)20-4/h5-10H,1-4H3/b6-5-. The fourth-order valence-corrected chi connectivity index (χ4v) is 2.24. The third-order valence-corrected chi connectivity index (χ3v) is 3.20. The topological polar surface area (TPSA) is 44.1 Å². The lowest BCUT2D eigenvalue weighted by molar-refractivity contribution is 0.101. The average Bonchev–Trinajstić information content (AvgIpc) is 2.77. The second-order valence-corrected chi connectivity index (χ2v) is 4.53. The molecule has 0 saturated carbocycles. The van der Waals surface area contributed by atoms with E-state index in [4.69, 9.17) is 4.74 Å². The molecule has 0 aliphatic heterocycles. The second kappa shape index (κ2) is 5.74. The summed E-state index contributed by atoms with van der Waals surface area (Å²) in [6.45, 7) is 3.53. The van der Waals surface area contributed by atoms with Crippen LogP contribution in [-0.4, -0.2) is 22.4 Å². The number of carbonyl (C=O) groups excluding carboxylic acids is 1. The number of ketones is 1. The summed E-state index contributed by atoms with van der Waals surface area (Å²) in [5.74, 6) is 0.577. The van der Waals surface area contributed by atoms with Gasteiger partial charge in [0.05, 0.1) is 12.8 Å². The maximum atomic E-state index is 11.9. The predicted molar refractivity (Wildman–Crippen MR) is 79.9 cm³/mol. The quantitative estimate of drug-likeness (QED) is 0.800. The lowest BCUT2D eigenvalue weighted by atomic mass is 10.1. The van der Waals surface area contributed by atoms with E-state index in [-0.39, 0.29) is 5.78 Å². The molecule has 0 spiro atoms. The van der Waals surface area contributed by atoms with Crippen LogP contribution in [0.15, 0.2) is 30.5 Å². The molecule has 0 aromatic carbocycles. The molecule has 0 aliphatic carbocycles. The number of allylic oxidation sites excluding steroid dienone is 1. The molecule has 0 N–H and O–H groups in total. The summed E-state index contributed by atoms with van der Waals surface area (Å²) in [7, 11) is 3.53. The highest BCUT2D eigenvalue weighted by Gasteiger charge is 2.16. The molecular weight excluding hydrogens is 252 g/mol. The first-order chi connectivity index (χ1) is 9.58. The normalized spacial score (nSPS) is 11.0. The molecular formula is C16H18N2O2. The lowest BCUT2D eigenvalue weighted by Crippen LogP contribution is -1.99. The van der Waals surface area contributed by atoms with Gasteiger partial charge in [-0.25, -0.2) is 4.98 Å². The van der Waals surface area contributed by atoms with Crippen molar-refractivity contribution in [1.29, 1.82) is 0 Å². The third kappa shape index (κ3) is 2.50. The van der Waals surface area contributed by atoms with Crippen LogP contribution in [-0.2, 0) is 7.05 Å². The number of rotatable bonds is 4. The maximum Gasteiger partial charge on any atom is 0.213 e. The summed E-state index contributed by atoms with van der Waals surface area (Å²) in [5, 5.41) is 0. The Morgan fingerprint density at radius 3 is 2.75 bits per heavy atom. The molecule has 0 fully saturated rings. The molecule has 2 aromatic heterocycles. The molecule has 0 bridgehead atoms. The van der Waals surface area contributed by atoms with Gasteiger partial charge in [-0.2, -0.15) is 0 Å². The Bertz CT molecular complexity index is 669. The molecule has 2 heterocycles. The average molecular weight is 270 g/mol. The van der Waals surface area contributed by atoms with Crippen molar-refractivity contribution >= 4 is 11.9 Å². The van der Waals surface area contributed by atoms with E-state index in [2.05, 4.69) is 4.98 Å². The lowest BCUT2D eigenvalue weighted by Gasteiger charge is -2.08. The van der Waals surface area contributed by atoms with Crippen LogP contribution < -0.4 is 4.74 Å². The van der Waals surface area contributed by atoms with Crippen molar-refractivity contribution < 1.29 is 9.53 Å². The van der Waals surface area contributed by atoms with E-state index in [1.54, 1.807) is 20.2 Å². The van der Waals surface area contributed by atoms with Gasteiger partial charge in [0, 0.05) is 36.1 Å². The van der Waals surface area contributed by atoms with Crippen molar-refractivity contribution in [3.05, 3.63) is 41.7 Å². The number of ether oxygens (including phenoxy) is 1. The van der Waals surface area contributed by atoms with Gasteiger partial charge in [-0.05, 0) is 32.1 Å². The summed E-state index contributed by atoms with van der Waals surface area (Å²) in [5.41, 5.74) is 3.49. The Hall–Kier alpha value is -2.36. The molecule has 2 rings (SSSR count). The van der Waals surface area contributed by atoms with E-state index in [0.717, 1.165) is 17.0 Å². The Morgan fingerprint density at radius 2 is 2.15 bits per heavy atom. The molecule has 0 unspecified atom stereocenters. The number of hydrogen-bond acceptors (Lipinski definition) is 3. The van der Waals surface area contributed by atoms with E-state index in [0.29, 0.717) is 11.4 Å². The summed E-state index contributed by atoms with van der Waals surface area (Å²) >= 11 is 0. The van der Waals surface area contributed by atoms with Crippen LogP contribution in [0.2, 0.25) is 0 Å². The van der Waals surface area contributed by atoms with Crippen LogP contribution in [0, 0.1) is 0 Å². The van der Waals surface area contributed by atoms with E-state index in [1.165, 1.54) is 0 Å². The summed E-state index contributed by atoms with van der Waals surface area (Å²) in [6.07, 6.45) is 5.62. The number of methoxy groups -OCH3 is 1. The fourth-order valence-electron chi connectivity index (χ4n) is 2.24. The van der Waals surface area contributed by atoms with Crippen LogP contribution in [0.25, 0.3) is 17.3 Å². The van der Waals surface area contributed by atoms with Gasteiger partial charge in [-0.15, -0.1) is 0 Å². The molecule has 0 saturated heterocycles. The van der Waals surface area contributed by atoms with Crippen LogP contribution in [0.3, 0.4) is 0 Å². The summed E-state index contributed by atoms with van der Waals surface area (Å²) in [6, 6.07) is 5.62. The van der Waals surface area contributed by atoms with Crippen LogP contribution in [0.1, 0.15) is 29.9 Å². The van der Waals surface area contributed by atoms with Crippen LogP contribution in [0.5, 0.6) is 5.88 Å². The van der Waals surface area contributed by atoms with E-state index >= 15 is 0 Å². The number of Topliss-reactive ketones (excluding diaryl/α,β-unsaturated/α-hetero) is 1. The third-order valence-electron chi connectivity index (χ3n) is 3.20. The molecule has 0 atom stereocenters. The zero-order chi connectivity index (χ0) is 14.7. The molecule has 0 amide bonds. The largest absolute Gasteiger partial charge is 0.481 e. The van der Waals surface area contributed by atoms with E-state index in [9.17, 15) is 4.79 Å². The molecule has 0 aliphatic rings. The van der Waals surface area contributed by atoms with Crippen molar-refractivity contribution in [2.45, 2.75) is 13.8 Å². The Balaban J connectivity index is 2.67. The maximum absolute atomic E-state index is 11.9. The van der Waals surface area contributed by atoms with Gasteiger partial charge < -0.3 is 9.30 Å². The van der Waals surface area contributed by atoms with Gasteiger partial charge in [0.25, 0.3) is 0 Å². The Morgan fingerprint density at radius 1 is 1.40 bits per heavy atom. The second-order valence-electron chi connectivity index (χ2n) is 4.53. The van der Waals surface area contributed by atoms with Gasteiger partial charge in [-0.3, -0.25) is 4.79 Å². The van der Waals surface area contributed by atoms with Crippen LogP contribution in [0.4, 0.5) is 0 Å². The number of carbonyl (C=O) groups is 1. The Kier molecular flexibility index (Phi) is 4.03. The minimum Gasteiger partial charge on any atom is -0.481 e. The number of nitrogens with zero attached hydrogens (tertiary/aromatic N) is 2. The molecule has 0 radical (unpaired) electrons. The molecule has 2 aromatic rings. The molecule has 20 heavy (non-hydrogen) atoms. The van der Waals surface area contributed by atoms with Crippen molar-refractivity contribution in [3.63, 3.8) is 0 Å². The van der Waals surface area contributed by atoms with E-state index in [1.807, 2.05) is 48.9 Å². The Labute approximate surface area is 118 Å². The zero-order valence-corrected chi connectivity index (χ0v) is 12.2. The summed E-state index contributed by atoms with van der Waals surface area (Å²) in [4.78, 5) is 16.0. The first kappa shape index (κ1) is 14.1. The highest BCUT2D eigenvalue weighted by Crippen LogP contribution is 2.29. The fraction of sp³-hybridized carbons (Fsp3) is 0.250. The van der Waals surface area contributed by atoms with Gasteiger partial charge >= 0.3 is 0 Å². The monoisotopic (exact) mass is 270 g/mol. The van der Waals surface area contributed by atoms with Crippen molar-refractivity contribution in [3.8, 4) is 17.1 Å². The van der Waals surface area contributed by atoms with Crippen molar-refractivity contribution in [2.75, 3.05) is 7.11 Å². The van der Waals surface area contributed by atoms with Crippen LogP contribution >= 0.6 is 0 Å². The smallest absolute Gasteiger partial charge is 0.213 e. The van der Waals surface area contributed by atoms with Gasteiger partial charge in [0.1, 0.15) is 0 Å². The van der Waals surface area contributed by atoms with Crippen molar-refractivity contribution in [2.24, 2.45) is 7.05 Å². The van der Waals surface area contributed by atoms with Gasteiger partial charge in [0.15, 0.2) is 5.78 Å². The molecule has 104 valence electrons. The highest BCUT2D eigenvalue weighted by molar-refractivity contribution is 6.01. The number of pyridine rings is 1. The number of aromatic nitrogens is 2. The molecule has 4 nitrogen and oxygen atoms in total. The van der Waals surface area contributed by atoms with Crippen molar-refractivity contribution in [1.82, 2.24) is 9.55 Å². The summed E-state index contributed by atoms with van der Waals surface area (Å²) < 4.78 is 7.16. The first-order valence-electron chi connectivity index (χ1n) is 6.42. The van der Waals surface area contributed by atoms with Gasteiger partial charge in [0.2, 0.25) is 5.88 Å². The first-order valence-corrected chi connectivity index (χ1v) is 6.42. The number of hydrogen-bond donors (Lipinski definition) is 0.